The number of anilines is 2. The van der Waals surface area contributed by atoms with Gasteiger partial charge < -0.3 is 15.1 Å². The van der Waals surface area contributed by atoms with Crippen molar-refractivity contribution in [2.75, 3.05) is 44.9 Å². The van der Waals surface area contributed by atoms with Gasteiger partial charge in [-0.25, -0.2) is 0 Å². The Morgan fingerprint density at radius 2 is 1.81 bits per heavy atom. The molecule has 1 saturated heterocycles. The van der Waals surface area contributed by atoms with Gasteiger partial charge in [0, 0.05) is 24.3 Å². The van der Waals surface area contributed by atoms with Crippen LogP contribution in [0.15, 0.2) is 24.3 Å². The lowest BCUT2D eigenvalue weighted by molar-refractivity contribution is -0.893. The van der Waals surface area contributed by atoms with Crippen molar-refractivity contribution in [2.45, 2.75) is 12.5 Å². The number of nitrogen functional groups attached to an aromatic ring is 1. The second-order valence-corrected chi connectivity index (χ2v) is 5.60. The van der Waals surface area contributed by atoms with Gasteiger partial charge in [-0.1, -0.05) is 0 Å². The lowest BCUT2D eigenvalue weighted by atomic mass is 10.2. The van der Waals surface area contributed by atoms with Crippen LogP contribution in [0.2, 0.25) is 0 Å². The van der Waals surface area contributed by atoms with Crippen molar-refractivity contribution in [3.05, 3.63) is 24.3 Å². The molecule has 3 nitrogen and oxygen atoms in total. The molecular weight excluding hydrogens is 198 g/mol. The van der Waals surface area contributed by atoms with Gasteiger partial charge in [0.2, 0.25) is 0 Å². The minimum Gasteiger partial charge on any atom is -0.399 e. The van der Waals surface area contributed by atoms with E-state index >= 15 is 0 Å². The first-order valence-electron chi connectivity index (χ1n) is 5.88. The molecule has 0 saturated carbocycles. The molecule has 1 aliphatic rings. The summed E-state index contributed by atoms with van der Waals surface area (Å²) in [7, 11) is 6.82. The van der Waals surface area contributed by atoms with Crippen molar-refractivity contribution in [1.82, 2.24) is 0 Å². The van der Waals surface area contributed by atoms with Gasteiger partial charge >= 0.3 is 0 Å². The molecule has 0 amide bonds. The second kappa shape index (κ2) is 3.98. The quantitative estimate of drug-likeness (QED) is 0.605. The van der Waals surface area contributed by atoms with E-state index in [4.69, 9.17) is 5.73 Å². The van der Waals surface area contributed by atoms with E-state index in [-0.39, 0.29) is 0 Å². The third kappa shape index (κ3) is 2.30. The largest absolute Gasteiger partial charge is 0.399 e. The molecule has 1 aromatic rings. The highest BCUT2D eigenvalue weighted by atomic mass is 15.4. The lowest BCUT2D eigenvalue weighted by Gasteiger charge is -2.31. The van der Waals surface area contributed by atoms with Crippen molar-refractivity contribution < 1.29 is 4.48 Å². The van der Waals surface area contributed by atoms with Crippen LogP contribution in [0, 0.1) is 0 Å². The molecule has 1 unspecified atom stereocenters. The first kappa shape index (κ1) is 11.3. The maximum atomic E-state index is 5.70. The molecule has 1 fully saturated rings. The fraction of sp³-hybridized carbons (Fsp3) is 0.538. The van der Waals surface area contributed by atoms with Crippen LogP contribution in [0.4, 0.5) is 11.4 Å². The Balaban J connectivity index is 2.06. The van der Waals surface area contributed by atoms with Crippen LogP contribution in [0.25, 0.3) is 0 Å². The molecular formula is C13H22N3+. The van der Waals surface area contributed by atoms with E-state index in [9.17, 15) is 0 Å². The zero-order valence-corrected chi connectivity index (χ0v) is 10.5. The molecule has 1 atom stereocenters. The summed E-state index contributed by atoms with van der Waals surface area (Å²) in [5, 5.41) is 0. The highest BCUT2D eigenvalue weighted by molar-refractivity contribution is 5.53. The van der Waals surface area contributed by atoms with Crippen LogP contribution >= 0.6 is 0 Å². The van der Waals surface area contributed by atoms with E-state index in [1.54, 1.807) is 0 Å². The Morgan fingerprint density at radius 3 is 2.31 bits per heavy atom. The fourth-order valence-electron chi connectivity index (χ4n) is 2.29. The summed E-state index contributed by atoms with van der Waals surface area (Å²) in [6, 6.07) is 8.93. The van der Waals surface area contributed by atoms with Crippen LogP contribution in [-0.2, 0) is 0 Å². The van der Waals surface area contributed by atoms with Gasteiger partial charge in [-0.3, -0.25) is 0 Å². The molecule has 0 radical (unpaired) electrons. The number of quaternary nitrogens is 1. The van der Waals surface area contributed by atoms with Gasteiger partial charge in [0.1, 0.15) is 6.04 Å². The zero-order valence-electron chi connectivity index (χ0n) is 10.5. The number of nitrogens with two attached hydrogens (primary N) is 1. The molecule has 2 rings (SSSR count). The summed E-state index contributed by atoms with van der Waals surface area (Å²) in [4.78, 5) is 2.45. The predicted molar refractivity (Wildman–Crippen MR) is 69.5 cm³/mol. The Labute approximate surface area is 98.0 Å². The Morgan fingerprint density at radius 1 is 1.19 bits per heavy atom. The van der Waals surface area contributed by atoms with E-state index < -0.39 is 0 Å². The summed E-state index contributed by atoms with van der Waals surface area (Å²) < 4.78 is 1.05. The summed E-state index contributed by atoms with van der Waals surface area (Å²) in [5.74, 6) is 0. The normalized spacial score (nSPS) is 21.4. The fourth-order valence-corrected chi connectivity index (χ4v) is 2.29. The van der Waals surface area contributed by atoms with Gasteiger partial charge in [-0.05, 0) is 24.3 Å². The number of nitrogens with zero attached hydrogens (tertiary/aromatic N) is 2. The van der Waals surface area contributed by atoms with Crippen molar-refractivity contribution in [3.63, 3.8) is 0 Å². The van der Waals surface area contributed by atoms with Gasteiger partial charge in [0.25, 0.3) is 0 Å². The van der Waals surface area contributed by atoms with E-state index in [0.717, 1.165) is 29.3 Å². The molecule has 0 bridgehead atoms. The molecule has 1 heterocycles. The summed E-state index contributed by atoms with van der Waals surface area (Å²) >= 11 is 0. The monoisotopic (exact) mass is 220 g/mol. The molecule has 1 aromatic carbocycles. The van der Waals surface area contributed by atoms with Gasteiger partial charge in [-0.15, -0.1) is 0 Å². The van der Waals surface area contributed by atoms with Gasteiger partial charge in [0.05, 0.1) is 27.7 Å². The average Bonchev–Trinajstić information content (AvgIpc) is 2.67. The van der Waals surface area contributed by atoms with Crippen molar-refractivity contribution in [1.29, 1.82) is 0 Å². The van der Waals surface area contributed by atoms with Gasteiger partial charge in [-0.2, -0.15) is 0 Å². The van der Waals surface area contributed by atoms with Crippen molar-refractivity contribution >= 4 is 11.4 Å². The SMILES string of the molecule is C[N+](C)(C)C1CCN(c2ccc(N)cc2)C1. The maximum absolute atomic E-state index is 5.70. The second-order valence-electron chi connectivity index (χ2n) is 5.60. The number of hydrogen-bond donors (Lipinski definition) is 1. The third-order valence-corrected chi connectivity index (χ3v) is 3.52. The minimum absolute atomic E-state index is 0.734. The molecule has 3 heteroatoms. The van der Waals surface area contributed by atoms with E-state index in [2.05, 4.69) is 38.2 Å². The molecule has 2 N–H and O–H groups in total. The van der Waals surface area contributed by atoms with Crippen molar-refractivity contribution in [2.24, 2.45) is 0 Å². The molecule has 1 aliphatic heterocycles. The standard InChI is InChI=1S/C13H22N3/c1-16(2,3)13-8-9-15(10-13)12-6-4-11(14)5-7-12/h4-7,13H,8-10,14H2,1-3H3/q+1. The Hall–Kier alpha value is -1.22. The number of rotatable bonds is 2. The lowest BCUT2D eigenvalue weighted by Crippen LogP contribution is -2.46. The third-order valence-electron chi connectivity index (χ3n) is 3.52. The predicted octanol–water partition coefficient (Wildman–Crippen LogP) is 1.55. The highest BCUT2D eigenvalue weighted by Gasteiger charge is 2.32. The highest BCUT2D eigenvalue weighted by Crippen LogP contribution is 2.24. The van der Waals surface area contributed by atoms with Crippen molar-refractivity contribution in [3.8, 4) is 0 Å². The first-order valence-corrected chi connectivity index (χ1v) is 5.88. The molecule has 0 spiro atoms. The molecule has 0 aromatic heterocycles. The summed E-state index contributed by atoms with van der Waals surface area (Å²) in [5.41, 5.74) is 7.84. The van der Waals surface area contributed by atoms with E-state index in [0.29, 0.717) is 0 Å². The Bertz CT molecular complexity index is 350. The number of hydrogen-bond acceptors (Lipinski definition) is 2. The average molecular weight is 220 g/mol. The van der Waals surface area contributed by atoms with Crippen LogP contribution in [0.3, 0.4) is 0 Å². The zero-order chi connectivity index (χ0) is 11.8. The first-order chi connectivity index (χ1) is 7.47. The van der Waals surface area contributed by atoms with E-state index in [1.165, 1.54) is 12.1 Å². The van der Waals surface area contributed by atoms with Crippen LogP contribution in [-0.4, -0.2) is 44.8 Å². The van der Waals surface area contributed by atoms with Gasteiger partial charge in [0.15, 0.2) is 0 Å². The Kier molecular flexibility index (Phi) is 2.80. The van der Waals surface area contributed by atoms with Crippen LogP contribution < -0.4 is 10.6 Å². The number of benzene rings is 1. The molecule has 88 valence electrons. The summed E-state index contributed by atoms with van der Waals surface area (Å²) in [6.45, 7) is 2.30. The molecule has 0 aliphatic carbocycles. The number of likely N-dealkylation sites (N-methyl/N-ethyl adjacent to an activating group) is 1. The van der Waals surface area contributed by atoms with Crippen LogP contribution in [0.5, 0.6) is 0 Å². The summed E-state index contributed by atoms with van der Waals surface area (Å²) in [6.07, 6.45) is 1.27. The maximum Gasteiger partial charge on any atom is 0.108 e. The minimum atomic E-state index is 0.734. The van der Waals surface area contributed by atoms with E-state index in [1.807, 2.05) is 12.1 Å². The molecule has 16 heavy (non-hydrogen) atoms. The topological polar surface area (TPSA) is 29.3 Å². The van der Waals surface area contributed by atoms with Crippen LogP contribution in [0.1, 0.15) is 6.42 Å². The smallest absolute Gasteiger partial charge is 0.108 e.